The fourth-order valence-electron chi connectivity index (χ4n) is 0.867. The lowest BCUT2D eigenvalue weighted by Crippen LogP contribution is -2.25. The summed E-state index contributed by atoms with van der Waals surface area (Å²) in [4.78, 5) is 11.0. The molecule has 62 valence electrons. The molecule has 0 heterocycles. The maximum atomic E-state index is 11.0. The molecule has 3 nitrogen and oxygen atoms in total. The van der Waals surface area contributed by atoms with Crippen molar-refractivity contribution >= 4 is 12.8 Å². The Hall–Kier alpha value is -1.13. The van der Waals surface area contributed by atoms with E-state index in [0.717, 1.165) is 5.56 Å². The van der Waals surface area contributed by atoms with Gasteiger partial charge < -0.3 is 10.0 Å². The molecule has 0 radical (unpaired) electrons. The summed E-state index contributed by atoms with van der Waals surface area (Å²) in [5.74, 6) is 0. The van der Waals surface area contributed by atoms with Gasteiger partial charge in [0.1, 0.15) is 0 Å². The Balaban J connectivity index is 2.90. The standard InChI is InChI=1S/C8H9BO3/c1-6-2-4-7(5-3-6)8(10)9(11)12/h2-5,11-12H,1H3. The molecule has 0 fully saturated rings. The van der Waals surface area contributed by atoms with Crippen LogP contribution in [-0.2, 0) is 0 Å². The fraction of sp³-hybridized carbons (Fsp3) is 0.125. The van der Waals surface area contributed by atoms with Crippen molar-refractivity contribution in [1.29, 1.82) is 0 Å². The topological polar surface area (TPSA) is 57.5 Å². The van der Waals surface area contributed by atoms with Gasteiger partial charge in [0.2, 0.25) is 0 Å². The van der Waals surface area contributed by atoms with Crippen LogP contribution in [0.5, 0.6) is 0 Å². The summed E-state index contributed by atoms with van der Waals surface area (Å²) in [7, 11) is -1.91. The molecule has 2 N–H and O–H groups in total. The summed E-state index contributed by atoms with van der Waals surface area (Å²) in [5, 5.41) is 17.1. The molecule has 1 aromatic rings. The van der Waals surface area contributed by atoms with Crippen LogP contribution in [0, 0.1) is 6.92 Å². The molecule has 0 aliphatic rings. The molecule has 0 aromatic heterocycles. The smallest absolute Gasteiger partial charge is 0.421 e. The molecule has 0 spiro atoms. The predicted molar refractivity (Wildman–Crippen MR) is 45.7 cm³/mol. The number of rotatable bonds is 2. The van der Waals surface area contributed by atoms with Gasteiger partial charge in [-0.1, -0.05) is 29.8 Å². The average Bonchev–Trinajstić information content (AvgIpc) is 2.04. The molecule has 1 rings (SSSR count). The van der Waals surface area contributed by atoms with E-state index in [1.165, 1.54) is 0 Å². The van der Waals surface area contributed by atoms with E-state index in [1.54, 1.807) is 24.3 Å². The van der Waals surface area contributed by atoms with Crippen molar-refractivity contribution < 1.29 is 14.8 Å². The highest BCUT2D eigenvalue weighted by Crippen LogP contribution is 2.04. The number of hydrogen-bond donors (Lipinski definition) is 2. The predicted octanol–water partition coefficient (Wildman–Crippen LogP) is 0.190. The Morgan fingerprint density at radius 3 is 2.17 bits per heavy atom. The van der Waals surface area contributed by atoms with E-state index in [0.29, 0.717) is 5.56 Å². The number of hydrogen-bond acceptors (Lipinski definition) is 3. The number of carbonyl (C=O) groups excluding carboxylic acids is 1. The van der Waals surface area contributed by atoms with Crippen molar-refractivity contribution in [2.75, 3.05) is 0 Å². The van der Waals surface area contributed by atoms with Crippen molar-refractivity contribution in [2.24, 2.45) is 0 Å². The summed E-state index contributed by atoms with van der Waals surface area (Å²) in [6.07, 6.45) is 0. The molecule has 0 aliphatic carbocycles. The zero-order valence-corrected chi connectivity index (χ0v) is 6.69. The van der Waals surface area contributed by atoms with Crippen molar-refractivity contribution in [3.63, 3.8) is 0 Å². The zero-order chi connectivity index (χ0) is 9.14. The van der Waals surface area contributed by atoms with Crippen LogP contribution < -0.4 is 0 Å². The Morgan fingerprint density at radius 2 is 1.75 bits per heavy atom. The molecule has 0 aliphatic heterocycles. The summed E-state index contributed by atoms with van der Waals surface area (Å²) >= 11 is 0. The molecular weight excluding hydrogens is 155 g/mol. The van der Waals surface area contributed by atoms with Crippen molar-refractivity contribution in [3.8, 4) is 0 Å². The molecule has 0 atom stereocenters. The minimum Gasteiger partial charge on any atom is -0.421 e. The lowest BCUT2D eigenvalue weighted by atomic mass is 9.80. The highest BCUT2D eigenvalue weighted by Gasteiger charge is 2.20. The van der Waals surface area contributed by atoms with Gasteiger partial charge in [0, 0.05) is 5.56 Å². The molecule has 0 bridgehead atoms. The van der Waals surface area contributed by atoms with Crippen LogP contribution in [0.1, 0.15) is 15.9 Å². The summed E-state index contributed by atoms with van der Waals surface area (Å²) in [6, 6.07) is 6.62. The molecular formula is C8H9BO3. The Morgan fingerprint density at radius 1 is 1.25 bits per heavy atom. The monoisotopic (exact) mass is 164 g/mol. The highest BCUT2D eigenvalue weighted by molar-refractivity contribution is 6.81. The normalized spacial score (nSPS) is 9.58. The molecule has 0 saturated carbocycles. The van der Waals surface area contributed by atoms with E-state index in [2.05, 4.69) is 0 Å². The van der Waals surface area contributed by atoms with Gasteiger partial charge in [-0.25, -0.2) is 0 Å². The van der Waals surface area contributed by atoms with E-state index >= 15 is 0 Å². The van der Waals surface area contributed by atoms with Gasteiger partial charge >= 0.3 is 7.12 Å². The van der Waals surface area contributed by atoms with Gasteiger partial charge in [0.05, 0.1) is 0 Å². The lowest BCUT2D eigenvalue weighted by molar-refractivity contribution is 0.103. The first kappa shape index (κ1) is 8.97. The molecule has 0 saturated heterocycles. The van der Waals surface area contributed by atoms with Crippen LogP contribution in [-0.4, -0.2) is 22.8 Å². The minimum atomic E-state index is -1.91. The van der Waals surface area contributed by atoms with Gasteiger partial charge in [-0.05, 0) is 6.92 Å². The van der Waals surface area contributed by atoms with Crippen molar-refractivity contribution in [1.82, 2.24) is 0 Å². The van der Waals surface area contributed by atoms with Gasteiger partial charge in [-0.15, -0.1) is 0 Å². The Kier molecular flexibility index (Phi) is 2.63. The quantitative estimate of drug-likeness (QED) is 0.613. The number of benzene rings is 1. The SMILES string of the molecule is Cc1ccc(C(=O)B(O)O)cc1. The Labute approximate surface area is 70.8 Å². The van der Waals surface area contributed by atoms with E-state index in [9.17, 15) is 4.79 Å². The van der Waals surface area contributed by atoms with E-state index in [4.69, 9.17) is 10.0 Å². The second-order valence-electron chi connectivity index (χ2n) is 2.60. The van der Waals surface area contributed by atoms with Crippen LogP contribution in [0.2, 0.25) is 0 Å². The number of carbonyl (C=O) groups is 1. The van der Waals surface area contributed by atoms with Crippen LogP contribution in [0.15, 0.2) is 24.3 Å². The van der Waals surface area contributed by atoms with E-state index in [1.807, 2.05) is 6.92 Å². The third-order valence-corrected chi connectivity index (χ3v) is 1.57. The van der Waals surface area contributed by atoms with Crippen molar-refractivity contribution in [3.05, 3.63) is 35.4 Å². The second-order valence-corrected chi connectivity index (χ2v) is 2.60. The van der Waals surface area contributed by atoms with Crippen LogP contribution in [0.25, 0.3) is 0 Å². The van der Waals surface area contributed by atoms with Gasteiger partial charge in [0.25, 0.3) is 0 Å². The third-order valence-electron chi connectivity index (χ3n) is 1.57. The Bertz CT molecular complexity index is 279. The fourth-order valence-corrected chi connectivity index (χ4v) is 0.867. The second kappa shape index (κ2) is 3.52. The first-order valence-electron chi connectivity index (χ1n) is 3.58. The molecule has 4 heteroatoms. The average molecular weight is 164 g/mol. The molecule has 12 heavy (non-hydrogen) atoms. The first-order valence-corrected chi connectivity index (χ1v) is 3.58. The van der Waals surface area contributed by atoms with E-state index < -0.39 is 12.8 Å². The summed E-state index contributed by atoms with van der Waals surface area (Å²) in [6.45, 7) is 1.89. The summed E-state index contributed by atoms with van der Waals surface area (Å²) in [5.41, 5.74) is 0.671. The molecule has 0 unspecified atom stereocenters. The lowest BCUT2D eigenvalue weighted by Gasteiger charge is -1.98. The molecule has 1 aromatic carbocycles. The highest BCUT2D eigenvalue weighted by atomic mass is 16.4. The first-order chi connectivity index (χ1) is 5.61. The summed E-state index contributed by atoms with van der Waals surface area (Å²) < 4.78 is 0. The van der Waals surface area contributed by atoms with Crippen molar-refractivity contribution in [2.45, 2.75) is 6.92 Å². The number of aryl methyl sites for hydroxylation is 1. The van der Waals surface area contributed by atoms with Gasteiger partial charge in [-0.2, -0.15) is 0 Å². The van der Waals surface area contributed by atoms with Gasteiger partial charge in [0.15, 0.2) is 5.68 Å². The van der Waals surface area contributed by atoms with Crippen LogP contribution >= 0.6 is 0 Å². The van der Waals surface area contributed by atoms with Crippen LogP contribution in [0.3, 0.4) is 0 Å². The van der Waals surface area contributed by atoms with Gasteiger partial charge in [-0.3, -0.25) is 4.79 Å². The zero-order valence-electron chi connectivity index (χ0n) is 6.69. The minimum absolute atomic E-state index is 0.315. The maximum absolute atomic E-state index is 11.0. The van der Waals surface area contributed by atoms with Crippen LogP contribution in [0.4, 0.5) is 0 Å². The maximum Gasteiger partial charge on any atom is 0.532 e. The largest absolute Gasteiger partial charge is 0.532 e. The van der Waals surface area contributed by atoms with E-state index in [-0.39, 0.29) is 0 Å². The molecule has 0 amide bonds. The third kappa shape index (κ3) is 1.93.